The molecule has 1 unspecified atom stereocenters. The third-order valence-electron chi connectivity index (χ3n) is 5.17. The number of anilines is 1. The van der Waals surface area contributed by atoms with Gasteiger partial charge >= 0.3 is 29.6 Å². The van der Waals surface area contributed by atoms with Gasteiger partial charge in [0.25, 0.3) is 10.0 Å². The van der Waals surface area contributed by atoms with E-state index in [1.807, 2.05) is 18.2 Å². The van der Waals surface area contributed by atoms with Gasteiger partial charge in [-0.15, -0.1) is 0 Å². The number of hydrogen-bond donors (Lipinski definition) is 1. The van der Waals surface area contributed by atoms with E-state index in [0.717, 1.165) is 24.8 Å². The number of carbonyl (C=O) groups is 1. The number of aliphatic carboxylic acids is 1. The molecule has 1 aliphatic rings. The van der Waals surface area contributed by atoms with Crippen LogP contribution in [0.5, 0.6) is 0 Å². The Morgan fingerprint density at radius 1 is 1.10 bits per heavy atom. The molecule has 156 valence electrons. The number of carboxylic acid groups (broad SMARTS) is 1. The zero-order chi connectivity index (χ0) is 21.0. The summed E-state index contributed by atoms with van der Waals surface area (Å²) in [6.07, 6.45) is 3.26. The minimum atomic E-state index is -3.73. The molecule has 30 heavy (non-hydrogen) atoms. The number of nitrogens with one attached hydrogen (secondary N) is 1. The van der Waals surface area contributed by atoms with Gasteiger partial charge in [-0.25, -0.2) is 8.42 Å². The number of rotatable bonds is 8. The molecule has 0 bridgehead atoms. The first-order valence-corrected chi connectivity index (χ1v) is 11.4. The monoisotopic (exact) mass is 458 g/mol. The largest absolute Gasteiger partial charge is 1.00 e. The molecule has 1 N–H and O–H groups in total. The van der Waals surface area contributed by atoms with Gasteiger partial charge < -0.3 is 15.2 Å². The number of nitrogens with zero attached hydrogens (tertiary/aromatic N) is 1. The van der Waals surface area contributed by atoms with Crippen LogP contribution >= 0.6 is 11.6 Å². The molecule has 0 amide bonds. The topological polar surface area (TPSA) is 89.5 Å². The van der Waals surface area contributed by atoms with Crippen LogP contribution in [0.4, 0.5) is 5.69 Å². The minimum absolute atomic E-state index is 0. The van der Waals surface area contributed by atoms with Gasteiger partial charge in [-0.2, -0.15) is 0 Å². The number of sulfonamides is 1. The summed E-state index contributed by atoms with van der Waals surface area (Å²) in [5, 5.41) is 14.3. The maximum Gasteiger partial charge on any atom is 1.00 e. The summed E-state index contributed by atoms with van der Waals surface area (Å²) in [7, 11) is -2.18. The fourth-order valence-electron chi connectivity index (χ4n) is 3.65. The number of para-hydroxylation sites is 1. The zero-order valence-electron chi connectivity index (χ0n) is 17.2. The summed E-state index contributed by atoms with van der Waals surface area (Å²) < 4.78 is 27.7. The Bertz CT molecular complexity index is 1000. The van der Waals surface area contributed by atoms with Crippen LogP contribution in [0.2, 0.25) is 5.02 Å². The van der Waals surface area contributed by atoms with Crippen molar-refractivity contribution >= 4 is 33.3 Å². The van der Waals surface area contributed by atoms with Gasteiger partial charge in [0.15, 0.2) is 0 Å². The second-order valence-electron chi connectivity index (χ2n) is 7.14. The van der Waals surface area contributed by atoms with Crippen LogP contribution in [0.15, 0.2) is 47.4 Å². The smallest absolute Gasteiger partial charge is 0.550 e. The van der Waals surface area contributed by atoms with Crippen molar-refractivity contribution < 1.29 is 47.9 Å². The van der Waals surface area contributed by atoms with E-state index in [9.17, 15) is 18.3 Å². The van der Waals surface area contributed by atoms with E-state index in [1.165, 1.54) is 10.4 Å². The van der Waals surface area contributed by atoms with E-state index in [1.54, 1.807) is 25.2 Å². The van der Waals surface area contributed by atoms with E-state index >= 15 is 0 Å². The van der Waals surface area contributed by atoms with E-state index in [4.69, 9.17) is 11.6 Å². The van der Waals surface area contributed by atoms with Crippen molar-refractivity contribution in [1.82, 2.24) is 5.32 Å². The molecule has 0 spiro atoms. The average Bonchev–Trinajstić information content (AvgIpc) is 2.75. The standard InChI is InChI=1S/C21H25ClN2O4S.Na/c1-24-18-9-6-5-8-16(18)21(23-13-7-3-2-4-10-20(25)26)17-12-11-15(22)14-19(17)29(24,27)28;/h5-6,8-9,11-12,14,21,23H,2-4,7,10,13H2,1H3,(H,25,26);/q;+1/p-1. The maximum absolute atomic E-state index is 13.2. The number of halogens is 1. The zero-order valence-corrected chi connectivity index (χ0v) is 20.8. The molecular weight excluding hydrogens is 435 g/mol. The molecule has 0 saturated heterocycles. The van der Waals surface area contributed by atoms with Gasteiger partial charge in [0.1, 0.15) is 0 Å². The van der Waals surface area contributed by atoms with Crippen LogP contribution < -0.4 is 44.3 Å². The van der Waals surface area contributed by atoms with Crippen molar-refractivity contribution in [2.24, 2.45) is 0 Å². The van der Waals surface area contributed by atoms with Crippen molar-refractivity contribution in [2.75, 3.05) is 17.9 Å². The number of benzene rings is 2. The van der Waals surface area contributed by atoms with Crippen LogP contribution in [-0.4, -0.2) is 28.0 Å². The van der Waals surface area contributed by atoms with Crippen molar-refractivity contribution in [3.63, 3.8) is 0 Å². The number of carboxylic acids is 1. The first kappa shape index (κ1) is 25.2. The van der Waals surface area contributed by atoms with E-state index in [2.05, 4.69) is 5.32 Å². The van der Waals surface area contributed by atoms with E-state index in [0.29, 0.717) is 29.2 Å². The molecule has 0 radical (unpaired) electrons. The van der Waals surface area contributed by atoms with Crippen LogP contribution in [0.1, 0.15) is 49.3 Å². The Hall–Kier alpha value is -1.09. The van der Waals surface area contributed by atoms with Gasteiger partial charge in [0, 0.05) is 18.0 Å². The van der Waals surface area contributed by atoms with Crippen molar-refractivity contribution in [3.8, 4) is 0 Å². The maximum atomic E-state index is 13.2. The fourth-order valence-corrected chi connectivity index (χ4v) is 5.36. The normalized spacial score (nSPS) is 16.7. The predicted molar refractivity (Wildman–Crippen MR) is 111 cm³/mol. The van der Waals surface area contributed by atoms with Crippen LogP contribution in [0, 0.1) is 0 Å². The third kappa shape index (κ3) is 5.58. The molecule has 0 aliphatic carbocycles. The summed E-state index contributed by atoms with van der Waals surface area (Å²) in [5.41, 5.74) is 2.19. The van der Waals surface area contributed by atoms with Gasteiger partial charge in [-0.3, -0.25) is 4.31 Å². The summed E-state index contributed by atoms with van der Waals surface area (Å²) in [6, 6.07) is 12.1. The second kappa shape index (κ2) is 11.0. The Balaban J connectivity index is 0.00000320. The number of fused-ring (bicyclic) bond motifs is 2. The van der Waals surface area contributed by atoms with Gasteiger partial charge in [0.2, 0.25) is 0 Å². The Labute approximate surface area is 205 Å². The van der Waals surface area contributed by atoms with Crippen LogP contribution in [0.25, 0.3) is 0 Å². The molecule has 1 aliphatic heterocycles. The Morgan fingerprint density at radius 2 is 1.80 bits per heavy atom. The molecule has 9 heteroatoms. The summed E-state index contributed by atoms with van der Waals surface area (Å²) >= 11 is 6.11. The molecule has 1 heterocycles. The summed E-state index contributed by atoms with van der Waals surface area (Å²) in [5.74, 6) is -1.02. The molecule has 1 atom stereocenters. The quantitative estimate of drug-likeness (QED) is 0.439. The van der Waals surface area contributed by atoms with Crippen molar-refractivity contribution in [3.05, 3.63) is 58.6 Å². The predicted octanol–water partition coefficient (Wildman–Crippen LogP) is -0.138. The summed E-state index contributed by atoms with van der Waals surface area (Å²) in [4.78, 5) is 10.7. The third-order valence-corrected chi connectivity index (χ3v) is 7.23. The Kier molecular flexibility index (Phi) is 9.21. The number of hydrogen-bond acceptors (Lipinski definition) is 5. The first-order valence-electron chi connectivity index (χ1n) is 9.63. The average molecular weight is 459 g/mol. The first-order chi connectivity index (χ1) is 13.8. The molecule has 0 saturated carbocycles. The molecule has 0 fully saturated rings. The van der Waals surface area contributed by atoms with Gasteiger partial charge in [-0.1, -0.05) is 48.7 Å². The van der Waals surface area contributed by atoms with E-state index < -0.39 is 16.0 Å². The number of unbranched alkanes of at least 4 members (excludes halogenated alkanes) is 3. The number of carbonyl (C=O) groups excluding carboxylic acids is 1. The summed E-state index contributed by atoms with van der Waals surface area (Å²) in [6.45, 7) is 0.677. The second-order valence-corrected chi connectivity index (χ2v) is 9.51. The van der Waals surface area contributed by atoms with Crippen LogP contribution in [-0.2, 0) is 14.8 Å². The van der Waals surface area contributed by atoms with Crippen molar-refractivity contribution in [1.29, 1.82) is 0 Å². The fraction of sp³-hybridized carbons (Fsp3) is 0.381. The SMILES string of the molecule is CN1c2ccccc2C(NCCCCCCC(=O)[O-])c2ccc(Cl)cc2S1(=O)=O.[Na+]. The van der Waals surface area contributed by atoms with Crippen LogP contribution in [0.3, 0.4) is 0 Å². The Morgan fingerprint density at radius 3 is 2.53 bits per heavy atom. The van der Waals surface area contributed by atoms with Gasteiger partial charge in [0.05, 0.1) is 16.6 Å². The molecule has 2 aromatic rings. The molecule has 0 aromatic heterocycles. The van der Waals surface area contributed by atoms with E-state index in [-0.39, 0.29) is 46.9 Å². The minimum Gasteiger partial charge on any atom is -0.550 e. The molecule has 3 rings (SSSR count). The molecule has 2 aromatic carbocycles. The molecular formula is C21H24ClN2NaO4S. The van der Waals surface area contributed by atoms with Gasteiger partial charge in [-0.05, 0) is 55.1 Å². The van der Waals surface area contributed by atoms with Crippen molar-refractivity contribution in [2.45, 2.75) is 43.0 Å². The molecule has 6 nitrogen and oxygen atoms in total.